The number of aliphatic hydroxyl groups excluding tert-OH is 1. The Balaban J connectivity index is 2.13. The number of amides is 1. The first-order chi connectivity index (χ1) is 9.08. The molecule has 0 atom stereocenters. The summed E-state index contributed by atoms with van der Waals surface area (Å²) in [4.78, 5) is 11.5. The van der Waals surface area contributed by atoms with Crippen molar-refractivity contribution in [2.75, 3.05) is 26.2 Å². The molecule has 1 amide bonds. The SMILES string of the molecule is CC(C)CNC(=O)CCNCC1(CO)CCCCC1. The Morgan fingerprint density at radius 3 is 2.53 bits per heavy atom. The van der Waals surface area contributed by atoms with Crippen molar-refractivity contribution >= 4 is 5.91 Å². The Labute approximate surface area is 117 Å². The normalized spacial score (nSPS) is 18.5. The molecule has 0 unspecified atom stereocenters. The van der Waals surface area contributed by atoms with Gasteiger partial charge in [-0.15, -0.1) is 0 Å². The van der Waals surface area contributed by atoms with Crippen LogP contribution in [0.4, 0.5) is 0 Å². The molecular formula is C15H30N2O2. The van der Waals surface area contributed by atoms with Crippen LogP contribution in [-0.4, -0.2) is 37.3 Å². The molecule has 0 saturated heterocycles. The quantitative estimate of drug-likeness (QED) is 0.588. The Morgan fingerprint density at radius 1 is 1.26 bits per heavy atom. The van der Waals surface area contributed by atoms with Gasteiger partial charge < -0.3 is 15.7 Å². The minimum atomic E-state index is 0.0622. The molecule has 0 aromatic carbocycles. The largest absolute Gasteiger partial charge is 0.396 e. The molecule has 0 aliphatic heterocycles. The van der Waals surface area contributed by atoms with Gasteiger partial charge in [0, 0.05) is 38.1 Å². The van der Waals surface area contributed by atoms with Crippen LogP contribution in [0, 0.1) is 11.3 Å². The van der Waals surface area contributed by atoms with Gasteiger partial charge in [0.1, 0.15) is 0 Å². The number of aliphatic hydroxyl groups is 1. The summed E-state index contributed by atoms with van der Waals surface area (Å²) in [6, 6.07) is 0. The summed E-state index contributed by atoms with van der Waals surface area (Å²) in [5.41, 5.74) is 0.0622. The standard InChI is InChI=1S/C15H30N2O2/c1-13(2)10-17-14(19)6-9-16-11-15(12-18)7-4-3-5-8-15/h13,16,18H,3-12H2,1-2H3,(H,17,19). The first-order valence-corrected chi connectivity index (χ1v) is 7.66. The highest BCUT2D eigenvalue weighted by atomic mass is 16.3. The van der Waals surface area contributed by atoms with Crippen LogP contribution >= 0.6 is 0 Å². The van der Waals surface area contributed by atoms with E-state index in [4.69, 9.17) is 0 Å². The van der Waals surface area contributed by atoms with E-state index in [0.29, 0.717) is 18.9 Å². The van der Waals surface area contributed by atoms with Crippen molar-refractivity contribution in [2.24, 2.45) is 11.3 Å². The molecule has 0 bridgehead atoms. The second-order valence-corrected chi connectivity index (χ2v) is 6.34. The number of rotatable bonds is 8. The first kappa shape index (κ1) is 16.4. The van der Waals surface area contributed by atoms with Gasteiger partial charge in [-0.25, -0.2) is 0 Å². The zero-order valence-electron chi connectivity index (χ0n) is 12.5. The number of carbonyl (C=O) groups excluding carboxylic acids is 1. The van der Waals surface area contributed by atoms with Gasteiger partial charge in [0.15, 0.2) is 0 Å². The number of hydrogen-bond acceptors (Lipinski definition) is 3. The molecular weight excluding hydrogens is 240 g/mol. The predicted molar refractivity (Wildman–Crippen MR) is 77.9 cm³/mol. The predicted octanol–water partition coefficient (Wildman–Crippen LogP) is 1.68. The minimum Gasteiger partial charge on any atom is -0.396 e. The van der Waals surface area contributed by atoms with Gasteiger partial charge in [0.25, 0.3) is 0 Å². The molecule has 1 aliphatic rings. The third-order valence-electron chi connectivity index (χ3n) is 3.99. The topological polar surface area (TPSA) is 61.4 Å². The van der Waals surface area contributed by atoms with E-state index in [9.17, 15) is 9.90 Å². The molecule has 19 heavy (non-hydrogen) atoms. The molecule has 0 aromatic heterocycles. The van der Waals surface area contributed by atoms with E-state index in [1.165, 1.54) is 19.3 Å². The van der Waals surface area contributed by atoms with E-state index < -0.39 is 0 Å². The smallest absolute Gasteiger partial charge is 0.221 e. The monoisotopic (exact) mass is 270 g/mol. The summed E-state index contributed by atoms with van der Waals surface area (Å²) in [6.07, 6.45) is 6.47. The molecule has 112 valence electrons. The summed E-state index contributed by atoms with van der Waals surface area (Å²) in [7, 11) is 0. The fourth-order valence-corrected chi connectivity index (χ4v) is 2.65. The van der Waals surface area contributed by atoms with E-state index in [1.54, 1.807) is 0 Å². The summed E-state index contributed by atoms with van der Waals surface area (Å²) < 4.78 is 0. The first-order valence-electron chi connectivity index (χ1n) is 7.66. The van der Waals surface area contributed by atoms with Crippen LogP contribution < -0.4 is 10.6 Å². The zero-order valence-corrected chi connectivity index (χ0v) is 12.5. The summed E-state index contributed by atoms with van der Waals surface area (Å²) >= 11 is 0. The van der Waals surface area contributed by atoms with Gasteiger partial charge >= 0.3 is 0 Å². The highest BCUT2D eigenvalue weighted by Gasteiger charge is 2.30. The van der Waals surface area contributed by atoms with E-state index >= 15 is 0 Å². The average Bonchev–Trinajstić information content (AvgIpc) is 2.42. The Bertz CT molecular complexity index is 261. The molecule has 0 heterocycles. The van der Waals surface area contributed by atoms with Crippen molar-refractivity contribution < 1.29 is 9.90 Å². The van der Waals surface area contributed by atoms with Crippen molar-refractivity contribution in [3.63, 3.8) is 0 Å². The number of hydrogen-bond donors (Lipinski definition) is 3. The van der Waals surface area contributed by atoms with Crippen LogP contribution in [0.5, 0.6) is 0 Å². The van der Waals surface area contributed by atoms with Crippen LogP contribution in [0.25, 0.3) is 0 Å². The van der Waals surface area contributed by atoms with Crippen LogP contribution in [0.15, 0.2) is 0 Å². The Hall–Kier alpha value is -0.610. The fraction of sp³-hybridized carbons (Fsp3) is 0.933. The molecule has 1 saturated carbocycles. The summed E-state index contributed by atoms with van der Waals surface area (Å²) in [5.74, 6) is 0.611. The van der Waals surface area contributed by atoms with Crippen LogP contribution in [0.1, 0.15) is 52.4 Å². The fourth-order valence-electron chi connectivity index (χ4n) is 2.65. The molecule has 0 radical (unpaired) electrons. The number of carbonyl (C=O) groups is 1. The molecule has 4 heteroatoms. The van der Waals surface area contributed by atoms with Gasteiger partial charge in [0.2, 0.25) is 5.91 Å². The Morgan fingerprint density at radius 2 is 1.95 bits per heavy atom. The van der Waals surface area contributed by atoms with Crippen molar-refractivity contribution in [2.45, 2.75) is 52.4 Å². The highest BCUT2D eigenvalue weighted by molar-refractivity contribution is 5.76. The lowest BCUT2D eigenvalue weighted by Crippen LogP contribution is -2.40. The van der Waals surface area contributed by atoms with Gasteiger partial charge in [-0.1, -0.05) is 33.1 Å². The summed E-state index contributed by atoms with van der Waals surface area (Å²) in [6.45, 7) is 6.73. The van der Waals surface area contributed by atoms with Gasteiger partial charge in [-0.2, -0.15) is 0 Å². The molecule has 0 spiro atoms. The van der Waals surface area contributed by atoms with E-state index in [-0.39, 0.29) is 17.9 Å². The number of nitrogens with one attached hydrogen (secondary N) is 2. The zero-order chi connectivity index (χ0) is 14.1. The molecule has 3 N–H and O–H groups in total. The lowest BCUT2D eigenvalue weighted by atomic mass is 9.74. The maximum Gasteiger partial charge on any atom is 0.221 e. The second-order valence-electron chi connectivity index (χ2n) is 6.34. The molecule has 4 nitrogen and oxygen atoms in total. The minimum absolute atomic E-state index is 0.0622. The van der Waals surface area contributed by atoms with Gasteiger partial charge in [0.05, 0.1) is 0 Å². The molecule has 0 aromatic rings. The van der Waals surface area contributed by atoms with Crippen molar-refractivity contribution in [3.8, 4) is 0 Å². The highest BCUT2D eigenvalue weighted by Crippen LogP contribution is 2.35. The van der Waals surface area contributed by atoms with Crippen LogP contribution in [-0.2, 0) is 4.79 Å². The molecule has 1 aliphatic carbocycles. The van der Waals surface area contributed by atoms with Crippen LogP contribution in [0.3, 0.4) is 0 Å². The van der Waals surface area contributed by atoms with Crippen molar-refractivity contribution in [1.82, 2.24) is 10.6 Å². The lowest BCUT2D eigenvalue weighted by molar-refractivity contribution is -0.121. The van der Waals surface area contributed by atoms with Gasteiger partial charge in [-0.3, -0.25) is 4.79 Å². The maximum absolute atomic E-state index is 11.5. The maximum atomic E-state index is 11.5. The average molecular weight is 270 g/mol. The van der Waals surface area contributed by atoms with Crippen molar-refractivity contribution in [3.05, 3.63) is 0 Å². The molecule has 1 rings (SSSR count). The third kappa shape index (κ3) is 6.39. The lowest BCUT2D eigenvalue weighted by Gasteiger charge is -2.35. The van der Waals surface area contributed by atoms with Crippen LogP contribution in [0.2, 0.25) is 0 Å². The van der Waals surface area contributed by atoms with E-state index in [1.807, 2.05) is 0 Å². The Kier molecular flexibility index (Phi) is 7.39. The van der Waals surface area contributed by atoms with E-state index in [2.05, 4.69) is 24.5 Å². The molecule has 1 fully saturated rings. The third-order valence-corrected chi connectivity index (χ3v) is 3.99. The van der Waals surface area contributed by atoms with Gasteiger partial charge in [-0.05, 0) is 18.8 Å². The second kappa shape index (κ2) is 8.54. The summed E-state index contributed by atoms with van der Waals surface area (Å²) in [5, 5.41) is 15.8. The van der Waals surface area contributed by atoms with E-state index in [0.717, 1.165) is 25.9 Å². The van der Waals surface area contributed by atoms with Crippen molar-refractivity contribution in [1.29, 1.82) is 0 Å².